The third-order valence-electron chi connectivity index (χ3n) is 5.13. The summed E-state index contributed by atoms with van der Waals surface area (Å²) in [7, 11) is 1.53. The molecule has 0 fully saturated rings. The standard InChI is InChI=1S/C22H20ClFN4O3/c1-26-20-18(21(30)27(22(26)31)10-5-11-29)28(13-14-6-3-2-4-7-14)19(25-20)15-8-9-16(23)17(24)12-15/h2-4,6-9,12,29H,5,10-11,13H2,1H3. The van der Waals surface area contributed by atoms with Crippen molar-refractivity contribution in [2.75, 3.05) is 6.61 Å². The fraction of sp³-hybridized carbons (Fsp3) is 0.227. The Labute approximate surface area is 181 Å². The Morgan fingerprint density at radius 3 is 2.52 bits per heavy atom. The summed E-state index contributed by atoms with van der Waals surface area (Å²) in [6, 6.07) is 13.8. The summed E-state index contributed by atoms with van der Waals surface area (Å²) in [6.07, 6.45) is 0.267. The van der Waals surface area contributed by atoms with Crippen molar-refractivity contribution in [2.45, 2.75) is 19.5 Å². The van der Waals surface area contributed by atoms with Crippen LogP contribution in [-0.4, -0.2) is 30.4 Å². The van der Waals surface area contributed by atoms with E-state index in [9.17, 15) is 14.0 Å². The maximum Gasteiger partial charge on any atom is 0.332 e. The van der Waals surface area contributed by atoms with E-state index in [0.717, 1.165) is 10.1 Å². The number of aromatic nitrogens is 4. The molecule has 160 valence electrons. The van der Waals surface area contributed by atoms with Crippen LogP contribution in [0.15, 0.2) is 58.1 Å². The van der Waals surface area contributed by atoms with E-state index < -0.39 is 17.1 Å². The number of nitrogens with zero attached hydrogens (tertiary/aromatic N) is 4. The Hall–Kier alpha value is -3.23. The maximum absolute atomic E-state index is 14.2. The van der Waals surface area contributed by atoms with E-state index in [1.54, 1.807) is 10.6 Å². The van der Waals surface area contributed by atoms with Crippen LogP contribution in [-0.2, 0) is 20.1 Å². The van der Waals surface area contributed by atoms with Crippen molar-refractivity contribution in [3.63, 3.8) is 0 Å². The molecule has 9 heteroatoms. The highest BCUT2D eigenvalue weighted by atomic mass is 35.5. The molecule has 0 unspecified atom stereocenters. The molecule has 31 heavy (non-hydrogen) atoms. The Kier molecular flexibility index (Phi) is 5.75. The fourth-order valence-electron chi connectivity index (χ4n) is 3.57. The molecule has 0 bridgehead atoms. The van der Waals surface area contributed by atoms with Crippen molar-refractivity contribution in [3.8, 4) is 11.4 Å². The van der Waals surface area contributed by atoms with Gasteiger partial charge in [-0.05, 0) is 30.2 Å². The summed E-state index contributed by atoms with van der Waals surface area (Å²) >= 11 is 5.84. The van der Waals surface area contributed by atoms with E-state index in [0.29, 0.717) is 17.9 Å². The van der Waals surface area contributed by atoms with Gasteiger partial charge in [-0.25, -0.2) is 14.2 Å². The zero-order chi connectivity index (χ0) is 22.1. The Balaban J connectivity index is 2.04. The molecule has 0 aliphatic heterocycles. The summed E-state index contributed by atoms with van der Waals surface area (Å²) in [5.41, 5.74) is 0.751. The van der Waals surface area contributed by atoms with Gasteiger partial charge < -0.3 is 9.67 Å². The van der Waals surface area contributed by atoms with Crippen LogP contribution >= 0.6 is 11.6 Å². The molecule has 2 aromatic heterocycles. The summed E-state index contributed by atoms with van der Waals surface area (Å²) in [5.74, 6) is -0.256. The number of hydrogen-bond donors (Lipinski definition) is 1. The number of aliphatic hydroxyl groups is 1. The lowest BCUT2D eigenvalue weighted by Crippen LogP contribution is -2.39. The molecule has 0 amide bonds. The molecule has 0 aliphatic carbocycles. The van der Waals surface area contributed by atoms with E-state index in [1.165, 1.54) is 23.7 Å². The third kappa shape index (κ3) is 3.80. The first-order valence-corrected chi connectivity index (χ1v) is 10.1. The lowest BCUT2D eigenvalue weighted by Gasteiger charge is -2.11. The summed E-state index contributed by atoms with van der Waals surface area (Å²) in [4.78, 5) is 30.6. The smallest absolute Gasteiger partial charge is 0.332 e. The summed E-state index contributed by atoms with van der Waals surface area (Å²) in [6.45, 7) is 0.232. The minimum Gasteiger partial charge on any atom is -0.396 e. The van der Waals surface area contributed by atoms with Crippen molar-refractivity contribution < 1.29 is 9.50 Å². The lowest BCUT2D eigenvalue weighted by atomic mass is 10.2. The number of benzene rings is 2. The van der Waals surface area contributed by atoms with Gasteiger partial charge in [-0.3, -0.25) is 13.9 Å². The average Bonchev–Trinajstić information content (AvgIpc) is 3.14. The molecular weight excluding hydrogens is 423 g/mol. The van der Waals surface area contributed by atoms with E-state index in [-0.39, 0.29) is 35.8 Å². The van der Waals surface area contributed by atoms with Gasteiger partial charge in [0.25, 0.3) is 5.56 Å². The van der Waals surface area contributed by atoms with Crippen LogP contribution in [0.3, 0.4) is 0 Å². The highest BCUT2D eigenvalue weighted by Gasteiger charge is 2.21. The van der Waals surface area contributed by atoms with Gasteiger partial charge in [-0.1, -0.05) is 41.9 Å². The molecule has 7 nitrogen and oxygen atoms in total. The minimum absolute atomic E-state index is 0.0202. The number of halogens is 2. The number of imidazole rings is 1. The summed E-state index contributed by atoms with van der Waals surface area (Å²) in [5, 5.41) is 9.13. The highest BCUT2D eigenvalue weighted by molar-refractivity contribution is 6.30. The van der Waals surface area contributed by atoms with Gasteiger partial charge in [0, 0.05) is 32.3 Å². The van der Waals surface area contributed by atoms with Gasteiger partial charge in [0.2, 0.25) is 0 Å². The van der Waals surface area contributed by atoms with Crippen molar-refractivity contribution in [1.29, 1.82) is 0 Å². The molecule has 2 heterocycles. The minimum atomic E-state index is -0.605. The van der Waals surface area contributed by atoms with E-state index in [2.05, 4.69) is 4.98 Å². The monoisotopic (exact) mass is 442 g/mol. The first-order chi connectivity index (χ1) is 14.9. The molecule has 0 radical (unpaired) electrons. The topological polar surface area (TPSA) is 82.0 Å². The Bertz CT molecular complexity index is 1380. The Morgan fingerprint density at radius 2 is 1.84 bits per heavy atom. The second-order valence-corrected chi connectivity index (χ2v) is 7.59. The van der Waals surface area contributed by atoms with Crippen molar-refractivity contribution >= 4 is 22.8 Å². The van der Waals surface area contributed by atoms with E-state index in [4.69, 9.17) is 16.7 Å². The molecule has 4 rings (SSSR count). The number of aryl methyl sites for hydroxylation is 1. The van der Waals surface area contributed by atoms with Crippen LogP contribution < -0.4 is 11.2 Å². The predicted molar refractivity (Wildman–Crippen MR) is 117 cm³/mol. The zero-order valence-corrected chi connectivity index (χ0v) is 17.5. The second-order valence-electron chi connectivity index (χ2n) is 7.18. The van der Waals surface area contributed by atoms with Crippen LogP contribution in [0, 0.1) is 5.82 Å². The molecule has 0 aliphatic rings. The quantitative estimate of drug-likeness (QED) is 0.498. The van der Waals surface area contributed by atoms with Crippen molar-refractivity contribution in [2.24, 2.45) is 7.05 Å². The molecule has 4 aromatic rings. The van der Waals surface area contributed by atoms with Gasteiger partial charge in [0.05, 0.1) is 5.02 Å². The van der Waals surface area contributed by atoms with Crippen LogP contribution in [0.25, 0.3) is 22.6 Å². The van der Waals surface area contributed by atoms with Gasteiger partial charge in [0.1, 0.15) is 11.6 Å². The first-order valence-electron chi connectivity index (χ1n) is 9.72. The molecule has 1 N–H and O–H groups in total. The Morgan fingerprint density at radius 1 is 1.10 bits per heavy atom. The third-order valence-corrected chi connectivity index (χ3v) is 5.44. The molecule has 2 aromatic carbocycles. The molecule has 0 saturated heterocycles. The van der Waals surface area contributed by atoms with Crippen LogP contribution in [0.1, 0.15) is 12.0 Å². The van der Waals surface area contributed by atoms with Gasteiger partial charge in [0.15, 0.2) is 11.2 Å². The van der Waals surface area contributed by atoms with E-state index >= 15 is 0 Å². The van der Waals surface area contributed by atoms with Crippen LogP contribution in [0.4, 0.5) is 4.39 Å². The number of rotatable bonds is 6. The van der Waals surface area contributed by atoms with Gasteiger partial charge in [-0.2, -0.15) is 0 Å². The SMILES string of the molecule is Cn1c(=O)n(CCCO)c(=O)c2c1nc(-c1ccc(Cl)c(F)c1)n2Cc1ccccc1. The molecule has 0 saturated carbocycles. The van der Waals surface area contributed by atoms with Crippen molar-refractivity contribution in [3.05, 3.63) is 85.8 Å². The second kappa shape index (κ2) is 8.49. The number of aliphatic hydroxyl groups excluding tert-OH is 1. The number of fused-ring (bicyclic) bond motifs is 1. The van der Waals surface area contributed by atoms with Crippen LogP contribution in [0.5, 0.6) is 0 Å². The van der Waals surface area contributed by atoms with E-state index in [1.807, 2.05) is 30.3 Å². The highest BCUT2D eigenvalue weighted by Crippen LogP contribution is 2.27. The van der Waals surface area contributed by atoms with Gasteiger partial charge in [-0.15, -0.1) is 0 Å². The lowest BCUT2D eigenvalue weighted by molar-refractivity contribution is 0.277. The molecular formula is C22H20ClFN4O3. The first kappa shape index (κ1) is 21.0. The molecule has 0 atom stereocenters. The molecule has 0 spiro atoms. The van der Waals surface area contributed by atoms with Crippen molar-refractivity contribution in [1.82, 2.24) is 18.7 Å². The largest absolute Gasteiger partial charge is 0.396 e. The van der Waals surface area contributed by atoms with Gasteiger partial charge >= 0.3 is 5.69 Å². The number of hydrogen-bond acceptors (Lipinski definition) is 4. The van der Waals surface area contributed by atoms with Crippen LogP contribution in [0.2, 0.25) is 5.02 Å². The summed E-state index contributed by atoms with van der Waals surface area (Å²) < 4.78 is 18.3. The maximum atomic E-state index is 14.2. The normalized spacial score (nSPS) is 11.4. The average molecular weight is 443 g/mol. The predicted octanol–water partition coefficient (Wildman–Crippen LogP) is 2.79. The fourth-order valence-corrected chi connectivity index (χ4v) is 3.69. The zero-order valence-electron chi connectivity index (χ0n) is 16.8.